The summed E-state index contributed by atoms with van der Waals surface area (Å²) < 4.78 is 32.1. The van der Waals surface area contributed by atoms with Crippen molar-refractivity contribution in [3.8, 4) is 0 Å². The number of carboxylic acid groups (broad SMARTS) is 2. The molecule has 0 aromatic carbocycles. The highest BCUT2D eigenvalue weighted by atomic mass is 16.8. The highest BCUT2D eigenvalue weighted by Gasteiger charge is 2.55. The first kappa shape index (κ1) is 39.6. The second kappa shape index (κ2) is 16.7. The van der Waals surface area contributed by atoms with Gasteiger partial charge in [-0.2, -0.15) is 0 Å². The number of ether oxygens (including phenoxy) is 6. The van der Waals surface area contributed by atoms with Crippen molar-refractivity contribution in [1.29, 1.82) is 0 Å². The Kier molecular flexibility index (Phi) is 14.1. The largest absolute Gasteiger partial charge is 0.479 e. The summed E-state index contributed by atoms with van der Waals surface area (Å²) in [6, 6.07) is -3.21. The van der Waals surface area contributed by atoms with Crippen molar-refractivity contribution in [1.82, 2.24) is 0 Å². The molecule has 3 rings (SSSR count). The maximum absolute atomic E-state index is 12.2. The average Bonchev–Trinajstić information content (AvgIpc) is 3.04. The lowest BCUT2D eigenvalue weighted by molar-refractivity contribution is -0.362. The van der Waals surface area contributed by atoms with Crippen LogP contribution < -0.4 is 11.5 Å². The summed E-state index contributed by atoms with van der Waals surface area (Å²) in [5.41, 5.74) is 11.8. The van der Waals surface area contributed by atoms with Gasteiger partial charge in [0, 0.05) is 0 Å². The van der Waals surface area contributed by atoms with Gasteiger partial charge < -0.3 is 106 Å². The molecule has 0 saturated carbocycles. The fourth-order valence-corrected chi connectivity index (χ4v) is 5.18. The normalized spacial score (nSPS) is 43.9. The van der Waals surface area contributed by atoms with Crippen molar-refractivity contribution in [2.75, 3.05) is 19.8 Å². The Balaban J connectivity index is 1.83. The van der Waals surface area contributed by atoms with Crippen LogP contribution in [0.5, 0.6) is 0 Å². The minimum absolute atomic E-state index is 0.864. The minimum atomic E-state index is -2.23. The molecule has 0 aromatic rings. The second-order valence-electron chi connectivity index (χ2n) is 11.2. The zero-order valence-corrected chi connectivity index (χ0v) is 24.3. The number of aliphatic carboxylic acids is 2. The van der Waals surface area contributed by atoms with E-state index in [1.54, 1.807) is 0 Å². The molecule has 3 fully saturated rings. The molecule has 0 radical (unpaired) electrons. The molecule has 0 bridgehead atoms. The summed E-state index contributed by atoms with van der Waals surface area (Å²) >= 11 is 0. The van der Waals surface area contributed by atoms with E-state index in [4.69, 9.17) is 45.0 Å². The van der Waals surface area contributed by atoms with E-state index < -0.39 is 148 Å². The molecule has 47 heavy (non-hydrogen) atoms. The summed E-state index contributed by atoms with van der Waals surface area (Å²) in [5.74, 6) is -3.57. The van der Waals surface area contributed by atoms with Crippen LogP contribution >= 0.6 is 0 Å². The summed E-state index contributed by atoms with van der Waals surface area (Å²) in [6.45, 7) is -2.81. The van der Waals surface area contributed by atoms with Gasteiger partial charge >= 0.3 is 11.9 Å². The summed E-state index contributed by atoms with van der Waals surface area (Å²) in [5, 5.41) is 130. The van der Waals surface area contributed by atoms with E-state index in [0.717, 1.165) is 0 Å². The minimum Gasteiger partial charge on any atom is -0.479 e. The van der Waals surface area contributed by atoms with E-state index in [2.05, 4.69) is 0 Å². The fraction of sp³-hybridized carbons (Fsp3) is 0.917. The van der Waals surface area contributed by atoms with Gasteiger partial charge in [-0.1, -0.05) is 0 Å². The number of aliphatic hydroxyl groups excluding tert-OH is 11. The Bertz CT molecular complexity index is 1030. The Hall–Kier alpha value is -1.82. The van der Waals surface area contributed by atoms with Crippen LogP contribution in [0.15, 0.2) is 0 Å². The van der Waals surface area contributed by atoms with Gasteiger partial charge in [0.25, 0.3) is 0 Å². The first-order valence-corrected chi connectivity index (χ1v) is 14.2. The molecule has 3 aliphatic heterocycles. The Morgan fingerprint density at radius 3 is 1.77 bits per heavy atom. The molecule has 0 aliphatic carbocycles. The van der Waals surface area contributed by atoms with Gasteiger partial charge in [0.05, 0.1) is 31.9 Å². The molecule has 0 amide bonds. The average molecular weight is 695 g/mol. The van der Waals surface area contributed by atoms with Crippen LogP contribution in [0.4, 0.5) is 0 Å². The summed E-state index contributed by atoms with van der Waals surface area (Å²) in [6.07, 6.45) is -34.1. The zero-order chi connectivity index (χ0) is 35.5. The molecule has 0 aromatic heterocycles. The highest BCUT2D eigenvalue weighted by Crippen LogP contribution is 2.33. The molecule has 3 heterocycles. The number of rotatable bonds is 14. The number of carbonyl (C=O) groups is 2. The first-order chi connectivity index (χ1) is 22.0. The number of hydrogen-bond acceptors (Lipinski definition) is 21. The summed E-state index contributed by atoms with van der Waals surface area (Å²) in [7, 11) is 0. The number of aliphatic hydroxyl groups is 11. The third-order valence-corrected chi connectivity index (χ3v) is 7.93. The van der Waals surface area contributed by atoms with Crippen molar-refractivity contribution in [3.05, 3.63) is 0 Å². The molecule has 274 valence electrons. The number of carboxylic acids is 2. The monoisotopic (exact) mass is 694 g/mol. The third-order valence-electron chi connectivity index (χ3n) is 7.93. The predicted octanol–water partition coefficient (Wildman–Crippen LogP) is -10.00. The van der Waals surface area contributed by atoms with Gasteiger partial charge in [0.2, 0.25) is 0 Å². The lowest BCUT2D eigenvalue weighted by atomic mass is 9.95. The van der Waals surface area contributed by atoms with E-state index in [0.29, 0.717) is 0 Å². The van der Waals surface area contributed by atoms with E-state index in [-0.39, 0.29) is 0 Å². The molecule has 23 nitrogen and oxygen atoms in total. The standard InChI is InChI=1S/C24H42N2O21/c25-4(1-27)15(8(31)5(30)2-28)43-24-14(37)12(35)17(19(47-24)21(40)41)45-22-7(26)16(9(32)6(3-29)42-22)44-23-13(36)10(33)11(34)18(46-23)20(38)39/h4-19,22-24,27-37H,1-3,25-26H2,(H,38,39)(H,40,41)/t4-,5-,6-,7+,8+,9-,10-,11+,12+,13+,14+,15+,16+,17-,18+,19+,22?,23?,24?/m0/s1. The van der Waals surface area contributed by atoms with Crippen LogP contribution in [-0.4, -0.2) is 215 Å². The Morgan fingerprint density at radius 2 is 1.23 bits per heavy atom. The molecule has 19 atom stereocenters. The highest BCUT2D eigenvalue weighted by molar-refractivity contribution is 5.74. The van der Waals surface area contributed by atoms with Crippen LogP contribution in [0.1, 0.15) is 0 Å². The first-order valence-electron chi connectivity index (χ1n) is 14.2. The molecule has 3 saturated heterocycles. The van der Waals surface area contributed by atoms with Crippen LogP contribution in [0.2, 0.25) is 0 Å². The molecule has 3 unspecified atom stereocenters. The van der Waals surface area contributed by atoms with Gasteiger partial charge in [0.1, 0.15) is 73.2 Å². The van der Waals surface area contributed by atoms with Gasteiger partial charge in [0.15, 0.2) is 31.1 Å². The smallest absolute Gasteiger partial charge is 0.335 e. The van der Waals surface area contributed by atoms with Gasteiger partial charge in [-0.05, 0) is 0 Å². The van der Waals surface area contributed by atoms with Gasteiger partial charge in [-0.15, -0.1) is 0 Å². The molecule has 0 spiro atoms. The Labute approximate surface area is 264 Å². The summed E-state index contributed by atoms with van der Waals surface area (Å²) in [4.78, 5) is 23.6. The van der Waals surface area contributed by atoms with Crippen molar-refractivity contribution >= 4 is 11.9 Å². The maximum Gasteiger partial charge on any atom is 0.335 e. The lowest BCUT2D eigenvalue weighted by Crippen LogP contribution is -2.69. The van der Waals surface area contributed by atoms with Crippen molar-refractivity contribution < 1.29 is 104 Å². The van der Waals surface area contributed by atoms with Gasteiger partial charge in [-0.25, -0.2) is 9.59 Å². The van der Waals surface area contributed by atoms with Crippen LogP contribution in [0, 0.1) is 0 Å². The predicted molar refractivity (Wildman–Crippen MR) is 141 cm³/mol. The van der Waals surface area contributed by atoms with Crippen molar-refractivity contribution in [3.63, 3.8) is 0 Å². The van der Waals surface area contributed by atoms with E-state index in [9.17, 15) is 70.9 Å². The van der Waals surface area contributed by atoms with E-state index in [1.165, 1.54) is 0 Å². The van der Waals surface area contributed by atoms with Crippen molar-refractivity contribution in [2.24, 2.45) is 11.5 Å². The Morgan fingerprint density at radius 1 is 0.681 bits per heavy atom. The second-order valence-corrected chi connectivity index (χ2v) is 11.2. The maximum atomic E-state index is 12.2. The topological polar surface area (TPSA) is 405 Å². The van der Waals surface area contributed by atoms with E-state index >= 15 is 0 Å². The lowest BCUT2D eigenvalue weighted by Gasteiger charge is -2.48. The number of nitrogens with two attached hydrogens (primary N) is 2. The third kappa shape index (κ3) is 8.50. The van der Waals surface area contributed by atoms with Crippen LogP contribution in [-0.2, 0) is 38.0 Å². The zero-order valence-electron chi connectivity index (χ0n) is 24.3. The van der Waals surface area contributed by atoms with Crippen LogP contribution in [0.25, 0.3) is 0 Å². The number of hydrogen-bond donors (Lipinski definition) is 15. The molecule has 23 heteroatoms. The van der Waals surface area contributed by atoms with Crippen molar-refractivity contribution in [2.45, 2.75) is 116 Å². The van der Waals surface area contributed by atoms with Gasteiger partial charge in [-0.3, -0.25) is 0 Å². The SMILES string of the molecule is N[C@@H](CO)[C@@H](OC1O[C@@H](C(=O)O)[C@@H](OC2O[C@@H](CO)[C@H](O)[C@H](OC3O[C@@H](C(=O)O)[C@H](O)[C@H](O)[C@H]3O)[C@H]2N)[C@H](O)[C@H]1O)[C@H](O)[C@@H](O)CO. The molecular formula is C24H42N2O21. The van der Waals surface area contributed by atoms with Crippen LogP contribution in [0.3, 0.4) is 0 Å². The molecule has 17 N–H and O–H groups in total. The fourth-order valence-electron chi connectivity index (χ4n) is 5.18. The molecule has 3 aliphatic rings. The van der Waals surface area contributed by atoms with E-state index in [1.807, 2.05) is 0 Å². The quantitative estimate of drug-likeness (QED) is 0.0802. The molecular weight excluding hydrogens is 652 g/mol.